The maximum absolute atomic E-state index is 14.3. The van der Waals surface area contributed by atoms with E-state index >= 15 is 0 Å². The third kappa shape index (κ3) is 11.5. The van der Waals surface area contributed by atoms with E-state index in [1.807, 2.05) is 95.6 Å². The van der Waals surface area contributed by atoms with E-state index in [1.54, 1.807) is 22.7 Å². The predicted molar refractivity (Wildman–Crippen MR) is 286 cm³/mol. The summed E-state index contributed by atoms with van der Waals surface area (Å²) in [7, 11) is 0. The molecule has 2 aromatic carbocycles. The number of amides is 4. The number of aliphatic hydroxyl groups is 1. The molecule has 4 aliphatic heterocycles. The van der Waals surface area contributed by atoms with E-state index in [4.69, 9.17) is 16.6 Å². The molecular formula is C54H68ClN11O5S2. The SMILES string of the molecule is Cc1ncsc1-c1ccc([C@H](C)NC(=O)[C@@H]2C[C@@H](O)CN2C(=O)[C@@H](NC(=O)CN2CCC(N3CCC(NC(=O)C[C@@H]4N=C(c5ccc(Cl)cc5)c5c(sc(C)c5C)-n5c(C)nnc54)CC3)CC2)C(C)(C)C)cc1. The van der Waals surface area contributed by atoms with E-state index in [-0.39, 0.29) is 61.6 Å². The maximum Gasteiger partial charge on any atom is 0.246 e. The molecular weight excluding hydrogens is 982 g/mol. The molecule has 3 aromatic heterocycles. The van der Waals surface area contributed by atoms with Crippen molar-refractivity contribution in [3.05, 3.63) is 104 Å². The van der Waals surface area contributed by atoms with Gasteiger partial charge in [-0.2, -0.15) is 0 Å². The van der Waals surface area contributed by atoms with Gasteiger partial charge in [-0.1, -0.05) is 68.8 Å². The predicted octanol–water partition coefficient (Wildman–Crippen LogP) is 7.04. The van der Waals surface area contributed by atoms with E-state index in [2.05, 4.69) is 59.3 Å². The molecule has 0 bridgehead atoms. The Bertz CT molecular complexity index is 2860. The van der Waals surface area contributed by atoms with Crippen molar-refractivity contribution >= 4 is 63.6 Å². The highest BCUT2D eigenvalue weighted by Crippen LogP contribution is 2.40. The van der Waals surface area contributed by atoms with Crippen LogP contribution in [-0.4, -0.2) is 138 Å². The van der Waals surface area contributed by atoms with Crippen LogP contribution in [0.15, 0.2) is 59.0 Å². The Morgan fingerprint density at radius 1 is 0.877 bits per heavy atom. The highest BCUT2D eigenvalue weighted by Gasteiger charge is 2.45. The van der Waals surface area contributed by atoms with Crippen LogP contribution in [0.2, 0.25) is 5.02 Å². The lowest BCUT2D eigenvalue weighted by molar-refractivity contribution is -0.144. The number of carbonyl (C=O) groups is 4. The van der Waals surface area contributed by atoms with Crippen molar-refractivity contribution < 1.29 is 24.3 Å². The number of thiazole rings is 1. The summed E-state index contributed by atoms with van der Waals surface area (Å²) in [6.07, 6.45) is 2.88. The average molecular weight is 1050 g/mol. The first-order valence-corrected chi connectivity index (χ1v) is 27.6. The first-order chi connectivity index (χ1) is 34.8. The zero-order valence-corrected chi connectivity index (χ0v) is 45.5. The average Bonchev–Trinajstić information content (AvgIpc) is 4.13. The first kappa shape index (κ1) is 52.5. The van der Waals surface area contributed by atoms with Crippen LogP contribution < -0.4 is 16.0 Å². The molecule has 4 N–H and O–H groups in total. The van der Waals surface area contributed by atoms with Gasteiger partial charge in [0.05, 0.1) is 46.9 Å². The second kappa shape index (κ2) is 21.8. The third-order valence-corrected chi connectivity index (χ3v) is 17.6. The van der Waals surface area contributed by atoms with Gasteiger partial charge in [0.25, 0.3) is 0 Å². The van der Waals surface area contributed by atoms with Crippen LogP contribution in [-0.2, 0) is 19.2 Å². The van der Waals surface area contributed by atoms with Gasteiger partial charge < -0.3 is 30.9 Å². The Kier molecular flexibility index (Phi) is 15.7. The molecule has 73 heavy (non-hydrogen) atoms. The van der Waals surface area contributed by atoms with Crippen LogP contribution in [0.3, 0.4) is 0 Å². The molecule has 0 spiro atoms. The molecule has 0 saturated carbocycles. The number of nitrogens with zero attached hydrogens (tertiary/aromatic N) is 8. The summed E-state index contributed by atoms with van der Waals surface area (Å²) >= 11 is 9.57. The first-order valence-electron chi connectivity index (χ1n) is 25.5. The number of thiophene rings is 1. The largest absolute Gasteiger partial charge is 0.391 e. The Labute approximate surface area is 441 Å². The number of aromatic nitrogens is 4. The van der Waals surface area contributed by atoms with Crippen molar-refractivity contribution in [3.63, 3.8) is 0 Å². The molecule has 4 amide bonds. The Morgan fingerprint density at radius 2 is 1.56 bits per heavy atom. The molecule has 9 rings (SSSR count). The van der Waals surface area contributed by atoms with Gasteiger partial charge in [-0.05, 0) is 94.5 Å². The maximum atomic E-state index is 14.3. The fourth-order valence-electron chi connectivity index (χ4n) is 10.9. The molecule has 16 nitrogen and oxygen atoms in total. The van der Waals surface area contributed by atoms with Crippen molar-refractivity contribution in [2.45, 2.75) is 136 Å². The van der Waals surface area contributed by atoms with E-state index in [1.165, 1.54) is 9.78 Å². The molecule has 19 heteroatoms. The molecule has 0 aliphatic carbocycles. The smallest absolute Gasteiger partial charge is 0.246 e. The fraction of sp³-hybridized carbons (Fsp3) is 0.519. The highest BCUT2D eigenvalue weighted by atomic mass is 35.5. The van der Waals surface area contributed by atoms with Crippen LogP contribution in [0.4, 0.5) is 0 Å². The van der Waals surface area contributed by atoms with Gasteiger partial charge >= 0.3 is 0 Å². The minimum Gasteiger partial charge on any atom is -0.391 e. The van der Waals surface area contributed by atoms with Gasteiger partial charge in [0.2, 0.25) is 23.6 Å². The number of β-amino-alcohol motifs (C(OH)–C–C–N with tert-alkyl or cyclic N) is 1. The van der Waals surface area contributed by atoms with Gasteiger partial charge in [-0.25, -0.2) is 4.98 Å². The quantitative estimate of drug-likeness (QED) is 0.0953. The zero-order valence-electron chi connectivity index (χ0n) is 43.1. The van der Waals surface area contributed by atoms with Crippen LogP contribution in [0.1, 0.15) is 123 Å². The topological polar surface area (TPSA) is 190 Å². The van der Waals surface area contributed by atoms with Gasteiger partial charge in [-0.15, -0.1) is 32.9 Å². The normalized spacial score (nSPS) is 20.9. The molecule has 0 radical (unpaired) electrons. The minimum absolute atomic E-state index is 0.0108. The number of halogens is 1. The number of fused-ring (bicyclic) bond motifs is 3. The summed E-state index contributed by atoms with van der Waals surface area (Å²) in [6, 6.07) is 13.5. The van der Waals surface area contributed by atoms with Crippen molar-refractivity contribution in [1.82, 2.24) is 50.4 Å². The number of hydrogen-bond acceptors (Lipinski definition) is 13. The number of piperidine rings is 2. The summed E-state index contributed by atoms with van der Waals surface area (Å²) in [5, 5.41) is 30.9. The molecule has 5 atom stereocenters. The lowest BCUT2D eigenvalue weighted by Gasteiger charge is -2.42. The Balaban J connectivity index is 0.749. The number of nitrogens with one attached hydrogen (secondary N) is 3. The summed E-state index contributed by atoms with van der Waals surface area (Å²) in [6.45, 7) is 19.1. The van der Waals surface area contributed by atoms with E-state index < -0.39 is 29.6 Å². The van der Waals surface area contributed by atoms with Crippen LogP contribution >= 0.6 is 34.3 Å². The van der Waals surface area contributed by atoms with Crippen molar-refractivity contribution in [1.29, 1.82) is 0 Å². The minimum atomic E-state index is -0.904. The summed E-state index contributed by atoms with van der Waals surface area (Å²) in [5.41, 5.74) is 8.04. The number of likely N-dealkylation sites (tertiary alicyclic amines) is 3. The van der Waals surface area contributed by atoms with Crippen molar-refractivity contribution in [3.8, 4) is 15.4 Å². The molecule has 0 unspecified atom stereocenters. The lowest BCUT2D eigenvalue weighted by Crippen LogP contribution is -2.59. The van der Waals surface area contributed by atoms with Crippen LogP contribution in [0, 0.1) is 33.1 Å². The third-order valence-electron chi connectivity index (χ3n) is 15.1. The van der Waals surface area contributed by atoms with Crippen molar-refractivity contribution in [2.75, 3.05) is 39.3 Å². The van der Waals surface area contributed by atoms with Crippen LogP contribution in [0.5, 0.6) is 0 Å². The molecule has 3 saturated heterocycles. The number of hydrogen-bond donors (Lipinski definition) is 4. The summed E-state index contributed by atoms with van der Waals surface area (Å²) in [5.74, 6) is 0.375. The summed E-state index contributed by atoms with van der Waals surface area (Å²) < 4.78 is 2.07. The fourth-order valence-corrected chi connectivity index (χ4v) is 13.0. The molecule has 4 aliphatic rings. The number of carbonyl (C=O) groups excluding carboxylic acids is 4. The molecule has 3 fully saturated rings. The van der Waals surface area contributed by atoms with E-state index in [0.29, 0.717) is 16.9 Å². The van der Waals surface area contributed by atoms with Gasteiger partial charge in [0.15, 0.2) is 5.82 Å². The van der Waals surface area contributed by atoms with Gasteiger partial charge in [0, 0.05) is 72.3 Å². The zero-order chi connectivity index (χ0) is 51.9. The standard InChI is InChI=1S/C54H68ClN11O5S2/c1-30-33(4)73-53-46(30)47(36-13-15-38(55)16-14-36)59-42(50-62-61-34(5)66(50)53)26-44(68)58-39-17-23-64(24-18-39)40-19-21-63(22-20-40)28-45(69)60-49(54(6,7)8)52(71)65-27-41(67)25-43(65)51(70)57-31(2)35-9-11-37(12-10-35)48-32(3)56-29-72-48/h9-16,29,31,39-43,49,67H,17-28H2,1-8H3,(H,57,70)(H,58,68)(H,60,69)/t31-,41+,42-,43-,49+/m0/s1. The Hall–Kier alpha value is -5.37. The second-order valence-electron chi connectivity index (χ2n) is 21.4. The van der Waals surface area contributed by atoms with Gasteiger partial charge in [-0.3, -0.25) is 33.6 Å². The monoisotopic (exact) mass is 1050 g/mol. The number of aryl methyl sites for hydroxylation is 3. The highest BCUT2D eigenvalue weighted by molar-refractivity contribution is 7.15. The Morgan fingerprint density at radius 3 is 2.22 bits per heavy atom. The number of aliphatic hydroxyl groups excluding tert-OH is 1. The van der Waals surface area contributed by atoms with Crippen molar-refractivity contribution in [2.24, 2.45) is 10.4 Å². The molecule has 5 aromatic rings. The number of rotatable bonds is 13. The van der Waals surface area contributed by atoms with Crippen LogP contribution in [0.25, 0.3) is 15.4 Å². The number of aliphatic imine (C=N–C) groups is 1. The van der Waals surface area contributed by atoms with E-state index in [0.717, 1.165) is 107 Å². The number of benzene rings is 2. The van der Waals surface area contributed by atoms with Gasteiger partial charge in [0.1, 0.15) is 29.0 Å². The lowest BCUT2D eigenvalue weighted by atomic mass is 9.85. The molecule has 7 heterocycles. The molecule has 388 valence electrons. The van der Waals surface area contributed by atoms with E-state index in [9.17, 15) is 24.3 Å². The summed E-state index contributed by atoms with van der Waals surface area (Å²) in [4.78, 5) is 73.8. The second-order valence-corrected chi connectivity index (χ2v) is 23.9.